The first kappa shape index (κ1) is 11.0. The van der Waals surface area contributed by atoms with Crippen molar-refractivity contribution in [2.45, 2.75) is 18.9 Å². The Bertz CT molecular complexity index is 354. The van der Waals surface area contributed by atoms with Crippen LogP contribution in [0.4, 0.5) is 0 Å². The number of para-hydroxylation sites is 1. The van der Waals surface area contributed by atoms with Gasteiger partial charge in [-0.25, -0.2) is 0 Å². The maximum atomic E-state index is 11.2. The third-order valence-electron chi connectivity index (χ3n) is 2.61. The number of ether oxygens (including phenoxy) is 1. The number of carbonyl (C=O) groups excluding carboxylic acids is 1. The highest BCUT2D eigenvalue weighted by Crippen LogP contribution is 2.27. The molecule has 1 aliphatic heterocycles. The fourth-order valence-electron chi connectivity index (χ4n) is 1.81. The number of carbonyl (C=O) groups is 1. The maximum Gasteiger partial charge on any atom is 0.221 e. The molecule has 1 atom stereocenters. The summed E-state index contributed by atoms with van der Waals surface area (Å²) in [6, 6.07) is 7.96. The first-order valence-corrected chi connectivity index (χ1v) is 5.51. The third-order valence-corrected chi connectivity index (χ3v) is 2.61. The van der Waals surface area contributed by atoms with Gasteiger partial charge in [-0.15, -0.1) is 0 Å². The van der Waals surface area contributed by atoms with Crippen molar-refractivity contribution in [3.05, 3.63) is 29.8 Å². The van der Waals surface area contributed by atoms with Gasteiger partial charge < -0.3 is 15.8 Å². The van der Waals surface area contributed by atoms with Crippen LogP contribution >= 0.6 is 0 Å². The van der Waals surface area contributed by atoms with E-state index >= 15 is 0 Å². The van der Waals surface area contributed by atoms with Gasteiger partial charge in [-0.05, 0) is 11.6 Å². The first-order valence-electron chi connectivity index (χ1n) is 5.51. The Labute approximate surface area is 94.8 Å². The molecule has 4 heteroatoms. The van der Waals surface area contributed by atoms with Crippen molar-refractivity contribution in [2.75, 3.05) is 13.1 Å². The van der Waals surface area contributed by atoms with E-state index in [2.05, 4.69) is 11.4 Å². The van der Waals surface area contributed by atoms with Gasteiger partial charge in [-0.3, -0.25) is 4.79 Å². The van der Waals surface area contributed by atoms with Crippen LogP contribution in [0, 0.1) is 0 Å². The van der Waals surface area contributed by atoms with Crippen molar-refractivity contribution in [1.29, 1.82) is 0 Å². The second-order valence-electron chi connectivity index (χ2n) is 3.89. The van der Waals surface area contributed by atoms with Gasteiger partial charge >= 0.3 is 0 Å². The van der Waals surface area contributed by atoms with Crippen molar-refractivity contribution in [3.63, 3.8) is 0 Å². The number of rotatable bonds is 4. The summed E-state index contributed by atoms with van der Waals surface area (Å²) < 4.78 is 5.69. The largest absolute Gasteiger partial charge is 0.488 e. The Morgan fingerprint density at radius 2 is 2.31 bits per heavy atom. The molecule has 0 saturated carbocycles. The number of fused-ring (bicyclic) bond motifs is 1. The normalized spacial score (nSPS) is 17.7. The van der Waals surface area contributed by atoms with Crippen LogP contribution in [0.5, 0.6) is 5.75 Å². The van der Waals surface area contributed by atoms with Crippen LogP contribution in [-0.4, -0.2) is 25.1 Å². The van der Waals surface area contributed by atoms with E-state index in [0.29, 0.717) is 19.5 Å². The molecule has 0 fully saturated rings. The Morgan fingerprint density at radius 3 is 3.06 bits per heavy atom. The highest BCUT2D eigenvalue weighted by molar-refractivity contribution is 5.76. The molecule has 1 unspecified atom stereocenters. The van der Waals surface area contributed by atoms with E-state index in [0.717, 1.165) is 12.2 Å². The SMILES string of the molecule is NCCC(=O)NCC1Cc2ccccc2O1. The van der Waals surface area contributed by atoms with Gasteiger partial charge in [0.25, 0.3) is 0 Å². The van der Waals surface area contributed by atoms with Gasteiger partial charge in [0.15, 0.2) is 0 Å². The van der Waals surface area contributed by atoms with E-state index < -0.39 is 0 Å². The van der Waals surface area contributed by atoms with Crippen LogP contribution < -0.4 is 15.8 Å². The van der Waals surface area contributed by atoms with Crippen LogP contribution in [0.25, 0.3) is 0 Å². The van der Waals surface area contributed by atoms with Crippen molar-refractivity contribution >= 4 is 5.91 Å². The van der Waals surface area contributed by atoms with E-state index in [4.69, 9.17) is 10.5 Å². The van der Waals surface area contributed by atoms with Crippen LogP contribution in [0.3, 0.4) is 0 Å². The molecule has 86 valence electrons. The minimum absolute atomic E-state index is 0.0120. The van der Waals surface area contributed by atoms with Crippen LogP contribution in [-0.2, 0) is 11.2 Å². The Hall–Kier alpha value is -1.55. The maximum absolute atomic E-state index is 11.2. The predicted molar refractivity (Wildman–Crippen MR) is 61.2 cm³/mol. The van der Waals surface area contributed by atoms with E-state index in [9.17, 15) is 4.79 Å². The summed E-state index contributed by atoms with van der Waals surface area (Å²) in [7, 11) is 0. The summed E-state index contributed by atoms with van der Waals surface area (Å²) >= 11 is 0. The molecule has 1 aromatic carbocycles. The molecule has 3 N–H and O–H groups in total. The Morgan fingerprint density at radius 1 is 1.50 bits per heavy atom. The zero-order valence-electron chi connectivity index (χ0n) is 9.11. The second kappa shape index (κ2) is 4.99. The van der Waals surface area contributed by atoms with E-state index in [-0.39, 0.29) is 12.0 Å². The average Bonchev–Trinajstić information content (AvgIpc) is 2.69. The molecule has 1 amide bonds. The molecule has 2 rings (SSSR count). The predicted octanol–water partition coefficient (Wildman–Crippen LogP) is 0.455. The van der Waals surface area contributed by atoms with Crippen molar-refractivity contribution in [1.82, 2.24) is 5.32 Å². The zero-order chi connectivity index (χ0) is 11.4. The molecule has 1 heterocycles. The topological polar surface area (TPSA) is 64.4 Å². The number of hydrogen-bond donors (Lipinski definition) is 2. The summed E-state index contributed by atoms with van der Waals surface area (Å²) in [6.45, 7) is 0.936. The molecule has 0 aliphatic carbocycles. The van der Waals surface area contributed by atoms with Crippen molar-refractivity contribution < 1.29 is 9.53 Å². The fourth-order valence-corrected chi connectivity index (χ4v) is 1.81. The number of amides is 1. The van der Waals surface area contributed by atoms with Crippen LogP contribution in [0.2, 0.25) is 0 Å². The highest BCUT2D eigenvalue weighted by Gasteiger charge is 2.22. The lowest BCUT2D eigenvalue weighted by Gasteiger charge is -2.11. The lowest BCUT2D eigenvalue weighted by atomic mass is 10.1. The number of nitrogens with one attached hydrogen (secondary N) is 1. The lowest BCUT2D eigenvalue weighted by Crippen LogP contribution is -2.35. The average molecular weight is 220 g/mol. The van der Waals surface area contributed by atoms with Gasteiger partial charge in [-0.2, -0.15) is 0 Å². The molecular weight excluding hydrogens is 204 g/mol. The quantitative estimate of drug-likeness (QED) is 0.774. The molecule has 0 spiro atoms. The lowest BCUT2D eigenvalue weighted by molar-refractivity contribution is -0.121. The number of benzene rings is 1. The molecular formula is C12H16N2O2. The molecule has 1 aliphatic rings. The van der Waals surface area contributed by atoms with Crippen LogP contribution in [0.1, 0.15) is 12.0 Å². The zero-order valence-corrected chi connectivity index (χ0v) is 9.11. The summed E-state index contributed by atoms with van der Waals surface area (Å²) in [4.78, 5) is 11.2. The van der Waals surface area contributed by atoms with Crippen LogP contribution in [0.15, 0.2) is 24.3 Å². The third kappa shape index (κ3) is 2.52. The first-order chi connectivity index (χ1) is 7.79. The summed E-state index contributed by atoms with van der Waals surface area (Å²) in [5.74, 6) is 0.919. The standard InChI is InChI=1S/C12H16N2O2/c13-6-5-12(15)14-8-10-7-9-3-1-2-4-11(9)16-10/h1-4,10H,5-8,13H2,(H,14,15). The van der Waals surface area contributed by atoms with E-state index in [1.54, 1.807) is 0 Å². The fraction of sp³-hybridized carbons (Fsp3) is 0.417. The Kier molecular flexibility index (Phi) is 3.41. The molecule has 0 aromatic heterocycles. The Balaban J connectivity index is 1.81. The minimum Gasteiger partial charge on any atom is -0.488 e. The molecule has 1 aromatic rings. The van der Waals surface area contributed by atoms with Crippen molar-refractivity contribution in [3.8, 4) is 5.75 Å². The minimum atomic E-state index is -0.0120. The van der Waals surface area contributed by atoms with E-state index in [1.165, 1.54) is 5.56 Å². The molecule has 0 radical (unpaired) electrons. The van der Waals surface area contributed by atoms with Gasteiger partial charge in [0.05, 0.1) is 6.54 Å². The smallest absolute Gasteiger partial charge is 0.221 e. The summed E-state index contributed by atoms with van der Waals surface area (Å²) in [6.07, 6.45) is 1.29. The molecule has 16 heavy (non-hydrogen) atoms. The number of hydrogen-bond acceptors (Lipinski definition) is 3. The molecule has 0 bridgehead atoms. The van der Waals surface area contributed by atoms with E-state index in [1.807, 2.05) is 18.2 Å². The summed E-state index contributed by atoms with van der Waals surface area (Å²) in [5, 5.41) is 2.82. The van der Waals surface area contributed by atoms with Gasteiger partial charge in [0.1, 0.15) is 11.9 Å². The second-order valence-corrected chi connectivity index (χ2v) is 3.89. The molecule has 4 nitrogen and oxygen atoms in total. The monoisotopic (exact) mass is 220 g/mol. The molecule has 0 saturated heterocycles. The van der Waals surface area contributed by atoms with Crippen molar-refractivity contribution in [2.24, 2.45) is 5.73 Å². The number of nitrogens with two attached hydrogens (primary N) is 1. The van der Waals surface area contributed by atoms with Gasteiger partial charge in [0.2, 0.25) is 5.91 Å². The van der Waals surface area contributed by atoms with Gasteiger partial charge in [0, 0.05) is 19.4 Å². The van der Waals surface area contributed by atoms with Gasteiger partial charge in [-0.1, -0.05) is 18.2 Å². The highest BCUT2D eigenvalue weighted by atomic mass is 16.5. The summed E-state index contributed by atoms with van der Waals surface area (Å²) in [5.41, 5.74) is 6.50.